The molecule has 0 spiro atoms. The second-order valence-electron chi connectivity index (χ2n) is 7.88. The van der Waals surface area contributed by atoms with Crippen LogP contribution in [0, 0.1) is 17.8 Å². The van der Waals surface area contributed by atoms with E-state index in [2.05, 4.69) is 29.2 Å². The Morgan fingerprint density at radius 2 is 2.04 bits per heavy atom. The maximum absolute atomic E-state index is 10.3. The van der Waals surface area contributed by atoms with Crippen LogP contribution in [0.1, 0.15) is 36.8 Å². The molecule has 2 fully saturated rings. The van der Waals surface area contributed by atoms with Gasteiger partial charge in [0.2, 0.25) is 0 Å². The Balaban J connectivity index is 1.18. The number of rotatable bonds is 6. The Hall–Kier alpha value is -0.900. The van der Waals surface area contributed by atoms with Gasteiger partial charge in [-0.1, -0.05) is 30.7 Å². The molecule has 0 saturated heterocycles. The molecule has 3 heteroatoms. The van der Waals surface area contributed by atoms with Gasteiger partial charge in [-0.15, -0.1) is 0 Å². The van der Waals surface area contributed by atoms with E-state index in [1.165, 1.54) is 36.8 Å². The van der Waals surface area contributed by atoms with Crippen molar-refractivity contribution in [3.05, 3.63) is 35.4 Å². The maximum Gasteiger partial charge on any atom is 0.0900 e. The second-order valence-corrected chi connectivity index (χ2v) is 7.88. The predicted molar refractivity (Wildman–Crippen MR) is 91.2 cm³/mol. The highest BCUT2D eigenvalue weighted by molar-refractivity contribution is 5.29. The van der Waals surface area contributed by atoms with Gasteiger partial charge < -0.3 is 9.84 Å². The molecule has 4 rings (SSSR count). The summed E-state index contributed by atoms with van der Waals surface area (Å²) in [6.45, 7) is 4.08. The zero-order chi connectivity index (χ0) is 15.6. The summed E-state index contributed by atoms with van der Waals surface area (Å²) in [5.74, 6) is 2.66. The number of β-amino-alcohol motifs (C(OH)–C–C–N with tert-alkyl or cyclic N) is 1. The van der Waals surface area contributed by atoms with Crippen molar-refractivity contribution < 1.29 is 9.84 Å². The van der Waals surface area contributed by atoms with E-state index in [1.54, 1.807) is 0 Å². The zero-order valence-corrected chi connectivity index (χ0v) is 14.0. The van der Waals surface area contributed by atoms with Crippen LogP contribution >= 0.6 is 0 Å². The molecule has 2 bridgehead atoms. The van der Waals surface area contributed by atoms with Gasteiger partial charge in [-0.25, -0.2) is 0 Å². The van der Waals surface area contributed by atoms with E-state index >= 15 is 0 Å². The van der Waals surface area contributed by atoms with Crippen molar-refractivity contribution in [2.75, 3.05) is 26.3 Å². The highest BCUT2D eigenvalue weighted by atomic mass is 16.5. The average Bonchev–Trinajstić information content (AvgIpc) is 3.18. The topological polar surface area (TPSA) is 32.7 Å². The number of fused-ring (bicyclic) bond motifs is 3. The van der Waals surface area contributed by atoms with E-state index in [1.807, 2.05) is 0 Å². The predicted octanol–water partition coefficient (Wildman–Crippen LogP) is 2.86. The summed E-state index contributed by atoms with van der Waals surface area (Å²) in [5.41, 5.74) is 2.87. The van der Waals surface area contributed by atoms with Crippen LogP contribution in [0.15, 0.2) is 24.3 Å². The van der Waals surface area contributed by atoms with Crippen LogP contribution in [0.2, 0.25) is 0 Å². The maximum atomic E-state index is 10.3. The van der Waals surface area contributed by atoms with Gasteiger partial charge in [0.15, 0.2) is 0 Å². The standard InChI is InChI=1S/C20H29NO2/c22-20(14-23-13-19-10-15-5-6-17(19)9-15)12-21-8-7-16-3-1-2-4-18(16)11-21/h1-4,15,17,19-20,22H,5-14H2/t15-,17-,19+,20+/m1/s1. The molecule has 2 saturated carbocycles. The van der Waals surface area contributed by atoms with Crippen molar-refractivity contribution >= 4 is 0 Å². The number of benzene rings is 1. The number of ether oxygens (including phenoxy) is 1. The number of hydrogen-bond acceptors (Lipinski definition) is 3. The lowest BCUT2D eigenvalue weighted by atomic mass is 9.90. The highest BCUT2D eigenvalue weighted by Gasteiger charge is 2.39. The Morgan fingerprint density at radius 3 is 2.83 bits per heavy atom. The fourth-order valence-corrected chi connectivity index (χ4v) is 5.00. The summed E-state index contributed by atoms with van der Waals surface area (Å²) >= 11 is 0. The summed E-state index contributed by atoms with van der Waals surface area (Å²) in [5, 5.41) is 10.3. The summed E-state index contributed by atoms with van der Waals surface area (Å²) in [6.07, 6.45) is 6.38. The first-order valence-electron chi connectivity index (χ1n) is 9.33. The zero-order valence-electron chi connectivity index (χ0n) is 14.0. The fourth-order valence-electron chi connectivity index (χ4n) is 5.00. The molecule has 23 heavy (non-hydrogen) atoms. The summed E-state index contributed by atoms with van der Waals surface area (Å²) < 4.78 is 5.87. The van der Waals surface area contributed by atoms with E-state index in [0.717, 1.165) is 50.4 Å². The smallest absolute Gasteiger partial charge is 0.0900 e. The molecule has 1 aromatic carbocycles. The Bertz CT molecular complexity index is 532. The average molecular weight is 315 g/mol. The van der Waals surface area contributed by atoms with Crippen LogP contribution in [0.25, 0.3) is 0 Å². The molecule has 4 atom stereocenters. The van der Waals surface area contributed by atoms with Gasteiger partial charge in [-0.3, -0.25) is 4.90 Å². The van der Waals surface area contributed by atoms with Crippen LogP contribution in [0.3, 0.4) is 0 Å². The minimum absolute atomic E-state index is 0.362. The number of aliphatic hydroxyl groups is 1. The quantitative estimate of drug-likeness (QED) is 0.876. The van der Waals surface area contributed by atoms with Gasteiger partial charge in [0, 0.05) is 26.2 Å². The van der Waals surface area contributed by atoms with Crippen molar-refractivity contribution in [1.82, 2.24) is 4.90 Å². The minimum atomic E-state index is -0.362. The molecule has 0 unspecified atom stereocenters. The van der Waals surface area contributed by atoms with Gasteiger partial charge in [0.05, 0.1) is 12.7 Å². The van der Waals surface area contributed by atoms with Crippen LogP contribution in [0.5, 0.6) is 0 Å². The molecule has 1 aromatic rings. The van der Waals surface area contributed by atoms with E-state index in [-0.39, 0.29) is 6.10 Å². The van der Waals surface area contributed by atoms with E-state index in [4.69, 9.17) is 4.74 Å². The lowest BCUT2D eigenvalue weighted by Gasteiger charge is -2.30. The Kier molecular flexibility index (Phi) is 4.70. The Morgan fingerprint density at radius 1 is 1.17 bits per heavy atom. The molecular formula is C20H29NO2. The first-order valence-corrected chi connectivity index (χ1v) is 9.33. The van der Waals surface area contributed by atoms with Crippen molar-refractivity contribution in [2.24, 2.45) is 17.8 Å². The lowest BCUT2D eigenvalue weighted by Crippen LogP contribution is -2.38. The van der Waals surface area contributed by atoms with E-state index < -0.39 is 0 Å². The van der Waals surface area contributed by atoms with E-state index in [9.17, 15) is 5.11 Å². The molecular weight excluding hydrogens is 286 g/mol. The van der Waals surface area contributed by atoms with Gasteiger partial charge in [-0.2, -0.15) is 0 Å². The van der Waals surface area contributed by atoms with Crippen LogP contribution < -0.4 is 0 Å². The molecule has 1 heterocycles. The third kappa shape index (κ3) is 3.62. The summed E-state index contributed by atoms with van der Waals surface area (Å²) in [7, 11) is 0. The largest absolute Gasteiger partial charge is 0.389 e. The van der Waals surface area contributed by atoms with Gasteiger partial charge in [-0.05, 0) is 54.6 Å². The molecule has 2 aliphatic carbocycles. The van der Waals surface area contributed by atoms with E-state index in [0.29, 0.717) is 6.61 Å². The molecule has 0 radical (unpaired) electrons. The normalized spacial score (nSPS) is 31.3. The summed E-state index contributed by atoms with van der Waals surface area (Å²) in [4.78, 5) is 2.36. The number of aliphatic hydroxyl groups excluding tert-OH is 1. The van der Waals surface area contributed by atoms with Crippen molar-refractivity contribution in [1.29, 1.82) is 0 Å². The molecule has 1 N–H and O–H groups in total. The molecule has 126 valence electrons. The highest BCUT2D eigenvalue weighted by Crippen LogP contribution is 2.48. The minimum Gasteiger partial charge on any atom is -0.389 e. The third-order valence-corrected chi connectivity index (χ3v) is 6.21. The molecule has 3 nitrogen and oxygen atoms in total. The van der Waals surface area contributed by atoms with Gasteiger partial charge in [0.25, 0.3) is 0 Å². The first-order chi connectivity index (χ1) is 11.3. The molecule has 0 aromatic heterocycles. The van der Waals surface area contributed by atoms with Crippen LogP contribution in [-0.4, -0.2) is 42.4 Å². The number of nitrogens with zero attached hydrogens (tertiary/aromatic N) is 1. The van der Waals surface area contributed by atoms with Crippen molar-refractivity contribution in [3.8, 4) is 0 Å². The second kappa shape index (κ2) is 6.92. The monoisotopic (exact) mass is 315 g/mol. The van der Waals surface area contributed by atoms with Crippen molar-refractivity contribution in [3.63, 3.8) is 0 Å². The third-order valence-electron chi connectivity index (χ3n) is 6.21. The molecule has 3 aliphatic rings. The number of hydrogen-bond donors (Lipinski definition) is 1. The SMILES string of the molecule is O[C@H](COC[C@@H]1C[C@@H]2CC[C@@H]1C2)CN1CCc2ccccc2C1. The van der Waals surface area contributed by atoms with Crippen LogP contribution in [-0.2, 0) is 17.7 Å². The van der Waals surface area contributed by atoms with Gasteiger partial charge >= 0.3 is 0 Å². The van der Waals surface area contributed by atoms with Gasteiger partial charge in [0.1, 0.15) is 0 Å². The van der Waals surface area contributed by atoms with Crippen LogP contribution in [0.4, 0.5) is 0 Å². The van der Waals surface area contributed by atoms with Crippen molar-refractivity contribution in [2.45, 2.75) is 44.8 Å². The fraction of sp³-hybridized carbons (Fsp3) is 0.700. The first kappa shape index (κ1) is 15.6. The molecule has 0 amide bonds. The molecule has 1 aliphatic heterocycles. The Labute approximate surface area is 139 Å². The summed E-state index contributed by atoms with van der Waals surface area (Å²) in [6, 6.07) is 8.66. The lowest BCUT2D eigenvalue weighted by molar-refractivity contribution is -0.00387.